The molecule has 0 aromatic heterocycles. The third-order valence-electron chi connectivity index (χ3n) is 4.05. The first-order valence-corrected chi connectivity index (χ1v) is 8.16. The van der Waals surface area contributed by atoms with E-state index in [2.05, 4.69) is 0 Å². The van der Waals surface area contributed by atoms with Crippen LogP contribution in [0.5, 0.6) is 5.75 Å². The molecule has 0 amide bonds. The Hall–Kier alpha value is -2.04. The van der Waals surface area contributed by atoms with Crippen LogP contribution in [0.15, 0.2) is 30.3 Å². The second kappa shape index (κ2) is 8.18. The number of alkyl halides is 1. The second-order valence-corrected chi connectivity index (χ2v) is 5.79. The molecule has 128 valence electrons. The molecule has 0 saturated carbocycles. The fraction of sp³-hybridized carbons (Fsp3) is 0.316. The third-order valence-corrected chi connectivity index (χ3v) is 4.23. The van der Waals surface area contributed by atoms with Crippen LogP contribution in [-0.4, -0.2) is 31.2 Å². The number of methoxy groups -OCH3 is 2. The predicted molar refractivity (Wildman–Crippen MR) is 94.8 cm³/mol. The van der Waals surface area contributed by atoms with E-state index < -0.39 is 5.97 Å². The monoisotopic (exact) mass is 348 g/mol. The number of ether oxygens (including phenoxy) is 2. The van der Waals surface area contributed by atoms with Crippen LogP contribution in [-0.2, 0) is 22.5 Å². The molecule has 0 aliphatic rings. The molecule has 0 fully saturated rings. The molecule has 0 heterocycles. The number of halogens is 1. The van der Waals surface area contributed by atoms with Crippen LogP contribution in [0.2, 0.25) is 0 Å². The smallest absolute Gasteiger partial charge is 0.342 e. The molecule has 5 heteroatoms. The number of hydrogen-bond acceptors (Lipinski definition) is 4. The number of carbonyl (C=O) groups is 1. The van der Waals surface area contributed by atoms with Gasteiger partial charge in [0.05, 0.1) is 13.7 Å². The lowest BCUT2D eigenvalue weighted by molar-refractivity contribution is 0.0598. The van der Waals surface area contributed by atoms with Gasteiger partial charge in [-0.3, -0.25) is 0 Å². The minimum absolute atomic E-state index is 0.0777. The lowest BCUT2D eigenvalue weighted by atomic mass is 9.86. The first-order valence-electron chi connectivity index (χ1n) is 7.62. The summed E-state index contributed by atoms with van der Waals surface area (Å²) in [5.41, 5.74) is 4.00. The van der Waals surface area contributed by atoms with E-state index in [1.165, 1.54) is 7.11 Å². The summed E-state index contributed by atoms with van der Waals surface area (Å²) >= 11 is 6.01. The summed E-state index contributed by atoms with van der Waals surface area (Å²) in [5.74, 6) is -0.262. The van der Waals surface area contributed by atoms with Crippen LogP contribution >= 0.6 is 11.6 Å². The Kier molecular flexibility index (Phi) is 6.23. The lowest BCUT2D eigenvalue weighted by Crippen LogP contribution is -2.12. The zero-order chi connectivity index (χ0) is 17.7. The third kappa shape index (κ3) is 3.40. The highest BCUT2D eigenvalue weighted by Crippen LogP contribution is 2.40. The zero-order valence-corrected chi connectivity index (χ0v) is 14.8. The van der Waals surface area contributed by atoms with Crippen molar-refractivity contribution >= 4 is 17.6 Å². The SMILES string of the molecule is COCc1c(C)c(O)c(C(=O)OC)c(-c2ccccc2)c1CCCl. The topological polar surface area (TPSA) is 55.8 Å². The fourth-order valence-electron chi connectivity index (χ4n) is 2.91. The first kappa shape index (κ1) is 18.3. The summed E-state index contributed by atoms with van der Waals surface area (Å²) in [6.07, 6.45) is 0.551. The Labute approximate surface area is 147 Å². The second-order valence-electron chi connectivity index (χ2n) is 5.41. The van der Waals surface area contributed by atoms with Gasteiger partial charge >= 0.3 is 5.97 Å². The summed E-state index contributed by atoms with van der Waals surface area (Å²) in [6.45, 7) is 2.09. The highest BCUT2D eigenvalue weighted by molar-refractivity contribution is 6.18. The van der Waals surface area contributed by atoms with Crippen LogP contribution < -0.4 is 0 Å². The maximum Gasteiger partial charge on any atom is 0.342 e. The largest absolute Gasteiger partial charge is 0.507 e. The molecule has 0 atom stereocenters. The van der Waals surface area contributed by atoms with Gasteiger partial charge in [0.15, 0.2) is 0 Å². The quantitative estimate of drug-likeness (QED) is 0.631. The van der Waals surface area contributed by atoms with Crippen molar-refractivity contribution < 1.29 is 19.4 Å². The van der Waals surface area contributed by atoms with Gasteiger partial charge in [0, 0.05) is 18.6 Å². The zero-order valence-electron chi connectivity index (χ0n) is 14.1. The van der Waals surface area contributed by atoms with Gasteiger partial charge in [-0.05, 0) is 35.6 Å². The fourth-order valence-corrected chi connectivity index (χ4v) is 3.10. The van der Waals surface area contributed by atoms with E-state index in [-0.39, 0.29) is 11.3 Å². The molecule has 2 aromatic carbocycles. The number of rotatable bonds is 6. The molecule has 0 radical (unpaired) electrons. The number of esters is 1. The molecule has 2 aromatic rings. The summed E-state index contributed by atoms with van der Waals surface area (Å²) < 4.78 is 10.2. The van der Waals surface area contributed by atoms with Gasteiger partial charge in [-0.25, -0.2) is 4.79 Å². The molecule has 0 saturated heterocycles. The van der Waals surface area contributed by atoms with E-state index in [1.807, 2.05) is 30.3 Å². The standard InChI is InChI=1S/C19H21ClO4/c1-12-15(11-23-2)14(9-10-20)16(13-7-5-4-6-8-13)17(18(12)21)19(22)24-3/h4-8,21H,9-11H2,1-3H3. The Morgan fingerprint density at radius 1 is 1.17 bits per heavy atom. The van der Waals surface area contributed by atoms with Crippen molar-refractivity contribution in [3.63, 3.8) is 0 Å². The van der Waals surface area contributed by atoms with Gasteiger partial charge < -0.3 is 14.6 Å². The van der Waals surface area contributed by atoms with E-state index in [0.717, 1.165) is 16.7 Å². The maximum atomic E-state index is 12.4. The number of benzene rings is 2. The molecule has 1 N–H and O–H groups in total. The van der Waals surface area contributed by atoms with Crippen molar-refractivity contribution in [1.82, 2.24) is 0 Å². The highest BCUT2D eigenvalue weighted by atomic mass is 35.5. The number of phenols is 1. The van der Waals surface area contributed by atoms with Crippen LogP contribution in [0.4, 0.5) is 0 Å². The normalized spacial score (nSPS) is 10.7. The Morgan fingerprint density at radius 2 is 1.83 bits per heavy atom. The van der Waals surface area contributed by atoms with Gasteiger partial charge in [0.2, 0.25) is 0 Å². The van der Waals surface area contributed by atoms with Crippen molar-refractivity contribution in [3.8, 4) is 16.9 Å². The van der Waals surface area contributed by atoms with Crippen molar-refractivity contribution in [2.75, 3.05) is 20.1 Å². The molecule has 0 bridgehead atoms. The summed E-state index contributed by atoms with van der Waals surface area (Å²) in [4.78, 5) is 12.4. The molecule has 0 aliphatic heterocycles. The van der Waals surface area contributed by atoms with Crippen LogP contribution in [0.3, 0.4) is 0 Å². The molecule has 0 spiro atoms. The highest BCUT2D eigenvalue weighted by Gasteiger charge is 2.26. The Bertz CT molecular complexity index is 726. The van der Waals surface area contributed by atoms with Crippen molar-refractivity contribution in [2.45, 2.75) is 20.0 Å². The summed E-state index contributed by atoms with van der Waals surface area (Å²) in [5, 5.41) is 10.7. The Morgan fingerprint density at radius 3 is 2.38 bits per heavy atom. The van der Waals surface area contributed by atoms with Gasteiger partial charge in [-0.1, -0.05) is 30.3 Å². The molecular formula is C19H21ClO4. The van der Waals surface area contributed by atoms with Crippen LogP contribution in [0.25, 0.3) is 11.1 Å². The summed E-state index contributed by atoms with van der Waals surface area (Å²) in [7, 11) is 2.90. The first-order chi connectivity index (χ1) is 11.6. The molecule has 0 unspecified atom stereocenters. The molecule has 4 nitrogen and oxygen atoms in total. The molecule has 0 aliphatic carbocycles. The molecular weight excluding hydrogens is 328 g/mol. The molecule has 2 rings (SSSR count). The molecule has 24 heavy (non-hydrogen) atoms. The minimum Gasteiger partial charge on any atom is -0.507 e. The van der Waals surface area contributed by atoms with Crippen LogP contribution in [0, 0.1) is 6.92 Å². The maximum absolute atomic E-state index is 12.4. The average molecular weight is 349 g/mol. The minimum atomic E-state index is -0.575. The van der Waals surface area contributed by atoms with E-state index in [0.29, 0.717) is 30.0 Å². The van der Waals surface area contributed by atoms with Crippen LogP contribution in [0.1, 0.15) is 27.0 Å². The van der Waals surface area contributed by atoms with E-state index in [1.54, 1.807) is 14.0 Å². The van der Waals surface area contributed by atoms with Crippen molar-refractivity contribution in [3.05, 3.63) is 52.6 Å². The number of phenolic OH excluding ortho intramolecular Hbond substituents is 1. The van der Waals surface area contributed by atoms with Gasteiger partial charge in [0.25, 0.3) is 0 Å². The lowest BCUT2D eigenvalue weighted by Gasteiger charge is -2.21. The summed E-state index contributed by atoms with van der Waals surface area (Å²) in [6, 6.07) is 9.45. The number of carbonyl (C=O) groups excluding carboxylic acids is 1. The van der Waals surface area contributed by atoms with Gasteiger partial charge in [0.1, 0.15) is 11.3 Å². The Balaban J connectivity index is 2.91. The predicted octanol–water partition coefficient (Wildman–Crippen LogP) is 4.08. The van der Waals surface area contributed by atoms with Crippen molar-refractivity contribution in [2.24, 2.45) is 0 Å². The average Bonchev–Trinajstić information content (AvgIpc) is 2.61. The van der Waals surface area contributed by atoms with Crippen molar-refractivity contribution in [1.29, 1.82) is 0 Å². The van der Waals surface area contributed by atoms with E-state index in [4.69, 9.17) is 21.1 Å². The number of aromatic hydroxyl groups is 1. The number of hydrogen-bond donors (Lipinski definition) is 1. The van der Waals surface area contributed by atoms with E-state index >= 15 is 0 Å². The van der Waals surface area contributed by atoms with Gasteiger partial charge in [-0.2, -0.15) is 0 Å². The van der Waals surface area contributed by atoms with E-state index in [9.17, 15) is 9.90 Å². The van der Waals surface area contributed by atoms with Gasteiger partial charge in [-0.15, -0.1) is 11.6 Å².